The summed E-state index contributed by atoms with van der Waals surface area (Å²) in [5.74, 6) is -0.570. The number of anilines is 1. The third-order valence-electron chi connectivity index (χ3n) is 7.70. The SMILES string of the molecule is C[C@@H]1CCCCO[C@@H](CN(C)Cc2ccc(C(=O)O)cc2)[C@H](C)CN([C@H](C)CO)C(=O)c2cc(N(C)C)ccc2O1. The number of aliphatic hydroxyl groups is 1. The van der Waals surface area contributed by atoms with E-state index in [4.69, 9.17) is 9.47 Å². The largest absolute Gasteiger partial charge is 0.490 e. The summed E-state index contributed by atoms with van der Waals surface area (Å²) in [5, 5.41) is 19.3. The van der Waals surface area contributed by atoms with Gasteiger partial charge >= 0.3 is 5.97 Å². The van der Waals surface area contributed by atoms with Gasteiger partial charge < -0.3 is 29.5 Å². The van der Waals surface area contributed by atoms with Crippen molar-refractivity contribution in [3.05, 3.63) is 59.2 Å². The Hall–Kier alpha value is -3.14. The lowest BCUT2D eigenvalue weighted by atomic mass is 10.0. The Morgan fingerprint density at radius 3 is 2.44 bits per heavy atom. The number of hydrogen-bond acceptors (Lipinski definition) is 7. The maximum atomic E-state index is 14.1. The molecule has 2 N–H and O–H groups in total. The average molecular weight is 570 g/mol. The second-order valence-corrected chi connectivity index (χ2v) is 11.6. The molecule has 0 aliphatic carbocycles. The Kier molecular flexibility index (Phi) is 12.0. The number of benzene rings is 2. The summed E-state index contributed by atoms with van der Waals surface area (Å²) < 4.78 is 12.7. The molecule has 0 bridgehead atoms. The highest BCUT2D eigenvalue weighted by molar-refractivity contribution is 5.98. The van der Waals surface area contributed by atoms with Crippen LogP contribution in [0.1, 0.15) is 66.3 Å². The van der Waals surface area contributed by atoms with E-state index in [0.717, 1.165) is 30.5 Å². The lowest BCUT2D eigenvalue weighted by Gasteiger charge is -2.36. The van der Waals surface area contributed by atoms with E-state index in [0.29, 0.717) is 37.6 Å². The van der Waals surface area contributed by atoms with E-state index >= 15 is 0 Å². The molecule has 9 heteroatoms. The first-order chi connectivity index (χ1) is 19.5. The highest BCUT2D eigenvalue weighted by atomic mass is 16.5. The molecule has 4 atom stereocenters. The summed E-state index contributed by atoms with van der Waals surface area (Å²) in [7, 11) is 5.89. The molecule has 1 heterocycles. The fraction of sp³-hybridized carbons (Fsp3) is 0.562. The van der Waals surface area contributed by atoms with E-state index in [9.17, 15) is 19.8 Å². The zero-order valence-electron chi connectivity index (χ0n) is 25.4. The van der Waals surface area contributed by atoms with Gasteiger partial charge in [-0.2, -0.15) is 0 Å². The number of aliphatic hydroxyl groups excluding tert-OH is 1. The first-order valence-corrected chi connectivity index (χ1v) is 14.5. The van der Waals surface area contributed by atoms with Crippen LogP contribution >= 0.6 is 0 Å². The number of carbonyl (C=O) groups is 2. The maximum Gasteiger partial charge on any atom is 0.335 e. The maximum absolute atomic E-state index is 14.1. The minimum Gasteiger partial charge on any atom is -0.490 e. The Labute approximate surface area is 244 Å². The fourth-order valence-electron chi connectivity index (χ4n) is 5.09. The third-order valence-corrected chi connectivity index (χ3v) is 7.70. The molecule has 0 saturated heterocycles. The molecule has 41 heavy (non-hydrogen) atoms. The lowest BCUT2D eigenvalue weighted by Crippen LogP contribution is -2.47. The Morgan fingerprint density at radius 1 is 1.10 bits per heavy atom. The van der Waals surface area contributed by atoms with Crippen LogP contribution in [-0.4, -0.2) is 97.6 Å². The lowest BCUT2D eigenvalue weighted by molar-refractivity contribution is -0.0177. The van der Waals surface area contributed by atoms with E-state index in [2.05, 4.69) is 11.8 Å². The zero-order chi connectivity index (χ0) is 30.1. The highest BCUT2D eigenvalue weighted by Gasteiger charge is 2.30. The first-order valence-electron chi connectivity index (χ1n) is 14.5. The molecule has 1 aliphatic rings. The van der Waals surface area contributed by atoms with Crippen molar-refractivity contribution in [3.8, 4) is 5.75 Å². The summed E-state index contributed by atoms with van der Waals surface area (Å²) in [6, 6.07) is 12.2. The Bertz CT molecular complexity index is 1140. The van der Waals surface area contributed by atoms with Crippen LogP contribution in [0.5, 0.6) is 5.75 Å². The summed E-state index contributed by atoms with van der Waals surface area (Å²) in [6.07, 6.45) is 2.48. The summed E-state index contributed by atoms with van der Waals surface area (Å²) in [4.78, 5) is 31.2. The third kappa shape index (κ3) is 9.18. The monoisotopic (exact) mass is 569 g/mol. The van der Waals surface area contributed by atoms with E-state index < -0.39 is 12.0 Å². The van der Waals surface area contributed by atoms with Gasteiger partial charge in [0.2, 0.25) is 0 Å². The number of carboxylic acid groups (broad SMARTS) is 1. The van der Waals surface area contributed by atoms with E-state index in [1.54, 1.807) is 17.0 Å². The zero-order valence-corrected chi connectivity index (χ0v) is 25.4. The summed E-state index contributed by atoms with van der Waals surface area (Å²) in [6.45, 7) is 8.11. The van der Waals surface area contributed by atoms with E-state index in [1.165, 1.54) is 0 Å². The van der Waals surface area contributed by atoms with Gasteiger partial charge in [-0.1, -0.05) is 19.1 Å². The van der Waals surface area contributed by atoms with Gasteiger partial charge in [-0.15, -0.1) is 0 Å². The molecule has 9 nitrogen and oxygen atoms in total. The molecule has 0 aromatic heterocycles. The van der Waals surface area contributed by atoms with Crippen LogP contribution in [0.2, 0.25) is 0 Å². The predicted molar refractivity (Wildman–Crippen MR) is 161 cm³/mol. The van der Waals surface area contributed by atoms with Gasteiger partial charge in [0.1, 0.15) is 5.75 Å². The fourth-order valence-corrected chi connectivity index (χ4v) is 5.09. The number of carbonyl (C=O) groups excluding carboxylic acids is 1. The molecule has 0 saturated carbocycles. The molecule has 1 amide bonds. The van der Waals surface area contributed by atoms with Gasteiger partial charge in [-0.3, -0.25) is 9.69 Å². The molecule has 1 aliphatic heterocycles. The summed E-state index contributed by atoms with van der Waals surface area (Å²) >= 11 is 0. The number of hydrogen-bond donors (Lipinski definition) is 2. The van der Waals surface area contributed by atoms with Crippen molar-refractivity contribution in [2.45, 2.75) is 64.8 Å². The molecule has 0 unspecified atom stereocenters. The molecule has 3 rings (SSSR count). The van der Waals surface area contributed by atoms with Gasteiger partial charge in [0.25, 0.3) is 5.91 Å². The molecular formula is C32H47N3O6. The number of ether oxygens (including phenoxy) is 2. The van der Waals surface area contributed by atoms with Crippen molar-refractivity contribution in [3.63, 3.8) is 0 Å². The van der Waals surface area contributed by atoms with Crippen LogP contribution in [0.4, 0.5) is 5.69 Å². The Balaban J connectivity index is 1.87. The van der Waals surface area contributed by atoms with Crippen molar-refractivity contribution < 1.29 is 29.3 Å². The molecular weight excluding hydrogens is 522 g/mol. The van der Waals surface area contributed by atoms with Crippen LogP contribution in [0.25, 0.3) is 0 Å². The van der Waals surface area contributed by atoms with Crippen LogP contribution in [0.3, 0.4) is 0 Å². The van der Waals surface area contributed by atoms with Gasteiger partial charge in [0, 0.05) is 51.9 Å². The molecule has 0 radical (unpaired) electrons. The Morgan fingerprint density at radius 2 is 1.80 bits per heavy atom. The highest BCUT2D eigenvalue weighted by Crippen LogP contribution is 2.29. The minimum atomic E-state index is -0.940. The number of amides is 1. The number of nitrogens with zero attached hydrogens (tertiary/aromatic N) is 3. The number of likely N-dealkylation sites (N-methyl/N-ethyl adjacent to an activating group) is 1. The van der Waals surface area contributed by atoms with Gasteiger partial charge in [0.05, 0.1) is 36.0 Å². The topological polar surface area (TPSA) is 103 Å². The second kappa shape index (κ2) is 15.2. The molecule has 0 spiro atoms. The number of fused-ring (bicyclic) bond motifs is 1. The molecule has 0 fully saturated rings. The van der Waals surface area contributed by atoms with Gasteiger partial charge in [-0.25, -0.2) is 4.79 Å². The van der Waals surface area contributed by atoms with Crippen LogP contribution in [-0.2, 0) is 11.3 Å². The normalized spacial score (nSPS) is 21.5. The molecule has 2 aromatic carbocycles. The standard InChI is InChI=1S/C32H47N3O6/c1-22-18-35(23(2)21-36)31(37)28-17-27(33(4)5)14-15-29(28)41-24(3)9-7-8-16-40-30(22)20-34(6)19-25-10-12-26(13-11-25)32(38)39/h10-15,17,22-24,30,36H,7-9,16,18-21H2,1-6H3,(H,38,39)/t22-,23-,24-,30+/m1/s1. The van der Waals surface area contributed by atoms with Crippen molar-refractivity contribution in [1.29, 1.82) is 0 Å². The molecule has 2 aromatic rings. The van der Waals surface area contributed by atoms with Crippen molar-refractivity contribution >= 4 is 17.6 Å². The van der Waals surface area contributed by atoms with E-state index in [-0.39, 0.29) is 36.2 Å². The first kappa shape index (κ1) is 32.4. The average Bonchev–Trinajstić information content (AvgIpc) is 2.94. The second-order valence-electron chi connectivity index (χ2n) is 11.6. The van der Waals surface area contributed by atoms with E-state index in [1.807, 2.05) is 70.2 Å². The quantitative estimate of drug-likeness (QED) is 0.483. The van der Waals surface area contributed by atoms with Crippen molar-refractivity contribution in [2.24, 2.45) is 5.92 Å². The van der Waals surface area contributed by atoms with Crippen LogP contribution in [0, 0.1) is 5.92 Å². The number of aromatic carboxylic acids is 1. The van der Waals surface area contributed by atoms with Crippen LogP contribution < -0.4 is 9.64 Å². The van der Waals surface area contributed by atoms with Crippen molar-refractivity contribution in [2.75, 3.05) is 52.3 Å². The number of carboxylic acids is 1. The van der Waals surface area contributed by atoms with Crippen LogP contribution in [0.15, 0.2) is 42.5 Å². The van der Waals surface area contributed by atoms with Gasteiger partial charge in [-0.05, 0) is 76.1 Å². The van der Waals surface area contributed by atoms with Crippen molar-refractivity contribution in [1.82, 2.24) is 9.80 Å². The number of rotatable bonds is 8. The summed E-state index contributed by atoms with van der Waals surface area (Å²) in [5.41, 5.74) is 2.67. The molecule has 226 valence electrons. The van der Waals surface area contributed by atoms with Gasteiger partial charge in [0.15, 0.2) is 0 Å². The minimum absolute atomic E-state index is 0.0203. The smallest absolute Gasteiger partial charge is 0.335 e. The predicted octanol–water partition coefficient (Wildman–Crippen LogP) is 4.38.